The summed E-state index contributed by atoms with van der Waals surface area (Å²) in [6, 6.07) is 15.6. The molecule has 0 saturated heterocycles. The van der Waals surface area contributed by atoms with Crippen molar-refractivity contribution in [1.82, 2.24) is 9.97 Å². The largest absolute Gasteiger partial charge is 0.233 e. The molecule has 1 aromatic heterocycles. The first-order valence-electron chi connectivity index (χ1n) is 8.12. The molecule has 0 unspecified atom stereocenters. The van der Waals surface area contributed by atoms with E-state index >= 15 is 0 Å². The van der Waals surface area contributed by atoms with Crippen LogP contribution in [0.4, 0.5) is 0 Å². The molecule has 0 saturated carbocycles. The van der Waals surface area contributed by atoms with E-state index in [4.69, 9.17) is 33.2 Å². The summed E-state index contributed by atoms with van der Waals surface area (Å²) in [5.74, 6) is 0.761. The van der Waals surface area contributed by atoms with Crippen LogP contribution in [0.15, 0.2) is 48.5 Å². The molecule has 4 heteroatoms. The number of rotatable bonds is 2. The van der Waals surface area contributed by atoms with Gasteiger partial charge in [-0.2, -0.15) is 0 Å². The minimum absolute atomic E-state index is 0.717. The molecule has 0 N–H and O–H groups in total. The molecule has 2 nitrogen and oxygen atoms in total. The van der Waals surface area contributed by atoms with E-state index in [1.165, 1.54) is 24.1 Å². The van der Waals surface area contributed by atoms with Crippen LogP contribution in [0.2, 0.25) is 10.0 Å². The molecule has 0 spiro atoms. The van der Waals surface area contributed by atoms with Crippen molar-refractivity contribution in [2.75, 3.05) is 0 Å². The standard InChI is InChI=1S/C20H16Cl2N2/c21-15-9-5-13(6-10-15)19-17-3-1-2-4-18(17)23-20(24-19)14-7-11-16(22)12-8-14/h5-12H,1-4H2. The normalized spacial score (nSPS) is 13.6. The SMILES string of the molecule is Clc1ccc(-c2nc3c(c(-c4ccc(Cl)cc4)n2)CCCC3)cc1. The Labute approximate surface area is 151 Å². The predicted octanol–water partition coefficient (Wildman–Crippen LogP) is 6.00. The highest BCUT2D eigenvalue weighted by Crippen LogP contribution is 2.32. The van der Waals surface area contributed by atoms with Crippen LogP contribution in [-0.2, 0) is 12.8 Å². The number of halogens is 2. The van der Waals surface area contributed by atoms with E-state index in [9.17, 15) is 0 Å². The Hall–Kier alpha value is -1.90. The molecule has 1 aliphatic carbocycles. The third-order valence-electron chi connectivity index (χ3n) is 4.40. The summed E-state index contributed by atoms with van der Waals surface area (Å²) in [5, 5.41) is 1.45. The quantitative estimate of drug-likeness (QED) is 0.564. The van der Waals surface area contributed by atoms with Crippen molar-refractivity contribution in [2.45, 2.75) is 25.7 Å². The van der Waals surface area contributed by atoms with Gasteiger partial charge in [-0.15, -0.1) is 0 Å². The van der Waals surface area contributed by atoms with Crippen molar-refractivity contribution in [3.05, 3.63) is 69.8 Å². The van der Waals surface area contributed by atoms with Crippen molar-refractivity contribution >= 4 is 23.2 Å². The molecule has 0 radical (unpaired) electrons. The van der Waals surface area contributed by atoms with Crippen LogP contribution < -0.4 is 0 Å². The Morgan fingerprint density at radius 3 is 1.92 bits per heavy atom. The molecule has 0 fully saturated rings. The Bertz CT molecular complexity index is 871. The summed E-state index contributed by atoms with van der Waals surface area (Å²) in [6.45, 7) is 0. The second-order valence-corrected chi connectivity index (χ2v) is 6.91. The van der Waals surface area contributed by atoms with Gasteiger partial charge in [0.05, 0.1) is 5.69 Å². The maximum atomic E-state index is 6.04. The van der Waals surface area contributed by atoms with E-state index in [0.717, 1.165) is 45.5 Å². The lowest BCUT2D eigenvalue weighted by Gasteiger charge is -2.19. The molecule has 2 aromatic carbocycles. The van der Waals surface area contributed by atoms with Crippen molar-refractivity contribution in [3.8, 4) is 22.6 Å². The fraction of sp³-hybridized carbons (Fsp3) is 0.200. The molecule has 0 amide bonds. The van der Waals surface area contributed by atoms with Crippen LogP contribution in [-0.4, -0.2) is 9.97 Å². The van der Waals surface area contributed by atoms with Gasteiger partial charge in [0.2, 0.25) is 0 Å². The number of aryl methyl sites for hydroxylation is 1. The predicted molar refractivity (Wildman–Crippen MR) is 99.6 cm³/mol. The van der Waals surface area contributed by atoms with Crippen LogP contribution in [0.25, 0.3) is 22.6 Å². The molecule has 1 aliphatic rings. The molecule has 4 rings (SSSR count). The van der Waals surface area contributed by atoms with Gasteiger partial charge in [0.15, 0.2) is 5.82 Å². The zero-order chi connectivity index (χ0) is 16.5. The third kappa shape index (κ3) is 3.04. The lowest BCUT2D eigenvalue weighted by atomic mass is 9.92. The Morgan fingerprint density at radius 2 is 1.25 bits per heavy atom. The van der Waals surface area contributed by atoms with Crippen molar-refractivity contribution in [3.63, 3.8) is 0 Å². The molecule has 0 aliphatic heterocycles. The molecule has 0 atom stereocenters. The van der Waals surface area contributed by atoms with E-state index in [2.05, 4.69) is 0 Å². The number of hydrogen-bond donors (Lipinski definition) is 0. The van der Waals surface area contributed by atoms with Gasteiger partial charge in [-0.25, -0.2) is 9.97 Å². The van der Waals surface area contributed by atoms with Gasteiger partial charge in [-0.1, -0.05) is 35.3 Å². The highest BCUT2D eigenvalue weighted by molar-refractivity contribution is 6.30. The Kier molecular flexibility index (Phi) is 4.26. The first kappa shape index (κ1) is 15.6. The second-order valence-electron chi connectivity index (χ2n) is 6.04. The Morgan fingerprint density at radius 1 is 0.667 bits per heavy atom. The number of nitrogens with zero attached hydrogens (tertiary/aromatic N) is 2. The van der Waals surface area contributed by atoms with Crippen molar-refractivity contribution in [1.29, 1.82) is 0 Å². The molecule has 0 bridgehead atoms. The molecule has 1 heterocycles. The van der Waals surface area contributed by atoms with Crippen molar-refractivity contribution < 1.29 is 0 Å². The van der Waals surface area contributed by atoms with Crippen LogP contribution in [0, 0.1) is 0 Å². The molecule has 120 valence electrons. The highest BCUT2D eigenvalue weighted by Gasteiger charge is 2.19. The zero-order valence-corrected chi connectivity index (χ0v) is 14.6. The summed E-state index contributed by atoms with van der Waals surface area (Å²) in [4.78, 5) is 9.73. The maximum absolute atomic E-state index is 6.04. The highest BCUT2D eigenvalue weighted by atomic mass is 35.5. The Balaban J connectivity index is 1.89. The van der Waals surface area contributed by atoms with Gasteiger partial charge < -0.3 is 0 Å². The summed E-state index contributed by atoms with van der Waals surface area (Å²) in [5.41, 5.74) is 5.56. The number of benzene rings is 2. The van der Waals surface area contributed by atoms with E-state index in [1.54, 1.807) is 0 Å². The lowest BCUT2D eigenvalue weighted by Crippen LogP contribution is -2.10. The van der Waals surface area contributed by atoms with Crippen LogP contribution >= 0.6 is 23.2 Å². The van der Waals surface area contributed by atoms with Gasteiger partial charge in [0.1, 0.15) is 0 Å². The molecule has 3 aromatic rings. The van der Waals surface area contributed by atoms with Crippen LogP contribution in [0.3, 0.4) is 0 Å². The van der Waals surface area contributed by atoms with E-state index < -0.39 is 0 Å². The first-order valence-corrected chi connectivity index (χ1v) is 8.88. The van der Waals surface area contributed by atoms with Gasteiger partial charge in [0.25, 0.3) is 0 Å². The van der Waals surface area contributed by atoms with E-state index in [0.29, 0.717) is 0 Å². The van der Waals surface area contributed by atoms with Gasteiger partial charge >= 0.3 is 0 Å². The number of hydrogen-bond acceptors (Lipinski definition) is 2. The summed E-state index contributed by atoms with van der Waals surface area (Å²) >= 11 is 12.0. The maximum Gasteiger partial charge on any atom is 0.160 e. The van der Waals surface area contributed by atoms with E-state index in [1.807, 2.05) is 48.5 Å². The zero-order valence-electron chi connectivity index (χ0n) is 13.1. The van der Waals surface area contributed by atoms with Gasteiger partial charge in [-0.05, 0) is 62.1 Å². The minimum Gasteiger partial charge on any atom is -0.233 e. The van der Waals surface area contributed by atoms with Crippen LogP contribution in [0.5, 0.6) is 0 Å². The fourth-order valence-corrected chi connectivity index (χ4v) is 3.42. The second kappa shape index (κ2) is 6.54. The molecular weight excluding hydrogens is 339 g/mol. The van der Waals surface area contributed by atoms with Crippen molar-refractivity contribution in [2.24, 2.45) is 0 Å². The average molecular weight is 355 g/mol. The monoisotopic (exact) mass is 354 g/mol. The number of fused-ring (bicyclic) bond motifs is 1. The minimum atomic E-state index is 0.717. The van der Waals surface area contributed by atoms with Gasteiger partial charge in [-0.3, -0.25) is 0 Å². The van der Waals surface area contributed by atoms with E-state index in [-0.39, 0.29) is 0 Å². The van der Waals surface area contributed by atoms with Crippen LogP contribution in [0.1, 0.15) is 24.1 Å². The molecule has 24 heavy (non-hydrogen) atoms. The summed E-state index contributed by atoms with van der Waals surface area (Å²) < 4.78 is 0. The smallest absolute Gasteiger partial charge is 0.160 e. The number of aromatic nitrogens is 2. The summed E-state index contributed by atoms with van der Waals surface area (Å²) in [7, 11) is 0. The third-order valence-corrected chi connectivity index (χ3v) is 4.91. The molecular formula is C20H16Cl2N2. The average Bonchev–Trinajstić information content (AvgIpc) is 2.62. The van der Waals surface area contributed by atoms with Gasteiger partial charge in [0, 0.05) is 32.4 Å². The topological polar surface area (TPSA) is 25.8 Å². The fourth-order valence-electron chi connectivity index (χ4n) is 3.17. The first-order chi connectivity index (χ1) is 11.7. The summed E-state index contributed by atoms with van der Waals surface area (Å²) in [6.07, 6.45) is 4.43. The lowest BCUT2D eigenvalue weighted by molar-refractivity contribution is 0.665.